The van der Waals surface area contributed by atoms with Crippen molar-refractivity contribution in [3.05, 3.63) is 72.6 Å². The maximum atomic E-state index is 13.2. The largest absolute Gasteiger partial charge is 0.508 e. The van der Waals surface area contributed by atoms with Crippen molar-refractivity contribution in [2.24, 2.45) is 0 Å². The molecular formula is C24H21N5O3. The molecule has 0 fully saturated rings. The summed E-state index contributed by atoms with van der Waals surface area (Å²) < 4.78 is 0. The number of nitrogens with one attached hydrogen (secondary N) is 1. The Bertz CT molecular complexity index is 1400. The molecule has 1 aliphatic rings. The fraction of sp³-hybridized carbons (Fsp3) is 0.125. The number of carbonyl (C=O) groups excluding carboxylic acids is 1. The van der Waals surface area contributed by atoms with E-state index in [1.165, 1.54) is 0 Å². The minimum atomic E-state index is -0.439. The summed E-state index contributed by atoms with van der Waals surface area (Å²) in [6.07, 6.45) is 1.32. The van der Waals surface area contributed by atoms with Crippen LogP contribution in [0, 0.1) is 0 Å². The van der Waals surface area contributed by atoms with Gasteiger partial charge in [0.1, 0.15) is 17.3 Å². The number of carbonyl (C=O) groups is 1. The van der Waals surface area contributed by atoms with E-state index in [1.807, 2.05) is 23.1 Å². The summed E-state index contributed by atoms with van der Waals surface area (Å²) in [6, 6.07) is 17.3. The van der Waals surface area contributed by atoms with Crippen LogP contribution in [0.25, 0.3) is 27.4 Å². The maximum absolute atomic E-state index is 13.2. The van der Waals surface area contributed by atoms with Gasteiger partial charge in [-0.05, 0) is 61.6 Å². The van der Waals surface area contributed by atoms with E-state index in [0.29, 0.717) is 22.6 Å². The number of phenolic OH excluding ortho intramolecular Hbond substituents is 2. The van der Waals surface area contributed by atoms with Crippen molar-refractivity contribution in [3.63, 3.8) is 0 Å². The first-order chi connectivity index (χ1) is 15.4. The van der Waals surface area contributed by atoms with Crippen molar-refractivity contribution in [3.8, 4) is 11.5 Å². The normalized spacial score (nSPS) is 16.6. The van der Waals surface area contributed by atoms with Crippen LogP contribution in [0.3, 0.4) is 0 Å². The number of nitrogens with zero attached hydrogens (tertiary/aromatic N) is 4. The Labute approximate surface area is 184 Å². The Morgan fingerprint density at radius 1 is 0.875 bits per heavy atom. The van der Waals surface area contributed by atoms with E-state index in [2.05, 4.69) is 10.3 Å². The van der Waals surface area contributed by atoms with Crippen molar-refractivity contribution in [2.75, 3.05) is 19.0 Å². The van der Waals surface area contributed by atoms with Crippen molar-refractivity contribution in [1.29, 1.82) is 0 Å². The minimum absolute atomic E-state index is 0.165. The van der Waals surface area contributed by atoms with E-state index in [4.69, 9.17) is 4.98 Å². The number of anilines is 1. The zero-order valence-corrected chi connectivity index (χ0v) is 17.5. The second-order valence-electron chi connectivity index (χ2n) is 7.65. The van der Waals surface area contributed by atoms with Crippen LogP contribution in [0.15, 0.2) is 66.9 Å². The Hall–Kier alpha value is -4.17. The quantitative estimate of drug-likeness (QED) is 0.462. The molecule has 32 heavy (non-hydrogen) atoms. The number of rotatable bonds is 3. The molecule has 0 saturated carbocycles. The fourth-order valence-corrected chi connectivity index (χ4v) is 3.96. The Morgan fingerprint density at radius 2 is 1.50 bits per heavy atom. The number of hydrogen-bond donors (Lipinski definition) is 3. The Balaban J connectivity index is 1.63. The van der Waals surface area contributed by atoms with Gasteiger partial charge in [0.15, 0.2) is 6.29 Å². The second-order valence-corrected chi connectivity index (χ2v) is 7.65. The van der Waals surface area contributed by atoms with Crippen LogP contribution in [0.4, 0.5) is 5.82 Å². The first-order valence-corrected chi connectivity index (χ1v) is 10.1. The van der Waals surface area contributed by atoms with Gasteiger partial charge in [0.25, 0.3) is 5.91 Å². The first kappa shape index (κ1) is 19.8. The molecular weight excluding hydrogens is 406 g/mol. The van der Waals surface area contributed by atoms with Gasteiger partial charge >= 0.3 is 0 Å². The highest BCUT2D eigenvalue weighted by molar-refractivity contribution is 6.20. The first-order valence-electron chi connectivity index (χ1n) is 10.1. The van der Waals surface area contributed by atoms with Crippen LogP contribution >= 0.6 is 0 Å². The molecule has 5 rings (SSSR count). The van der Waals surface area contributed by atoms with Crippen LogP contribution in [0.1, 0.15) is 5.69 Å². The second kappa shape index (κ2) is 7.51. The number of amides is 1. The molecule has 0 bridgehead atoms. The Morgan fingerprint density at radius 3 is 2.16 bits per heavy atom. The molecule has 0 spiro atoms. The summed E-state index contributed by atoms with van der Waals surface area (Å²) >= 11 is 0. The monoisotopic (exact) mass is 427 g/mol. The number of fused-ring (bicyclic) bond motifs is 2. The van der Waals surface area contributed by atoms with Gasteiger partial charge < -0.3 is 15.1 Å². The zero-order valence-electron chi connectivity index (χ0n) is 17.5. The van der Waals surface area contributed by atoms with Gasteiger partial charge in [-0.25, -0.2) is 9.97 Å². The third-order valence-corrected chi connectivity index (χ3v) is 5.58. The molecule has 0 aliphatic carbocycles. The van der Waals surface area contributed by atoms with Crippen LogP contribution in [-0.4, -0.2) is 51.4 Å². The minimum Gasteiger partial charge on any atom is -0.508 e. The van der Waals surface area contributed by atoms with E-state index < -0.39 is 6.29 Å². The summed E-state index contributed by atoms with van der Waals surface area (Å²) in [5, 5.41) is 24.2. The van der Waals surface area contributed by atoms with Crippen molar-refractivity contribution in [2.45, 2.75) is 6.29 Å². The van der Waals surface area contributed by atoms with E-state index in [0.717, 1.165) is 16.3 Å². The average molecular weight is 427 g/mol. The number of likely N-dealkylation sites (N-methyl/N-ethyl adjacent to an activating group) is 1. The van der Waals surface area contributed by atoms with E-state index in [-0.39, 0.29) is 17.4 Å². The molecule has 2 aromatic heterocycles. The molecule has 160 valence electrons. The zero-order chi connectivity index (χ0) is 22.4. The van der Waals surface area contributed by atoms with Gasteiger partial charge in [-0.3, -0.25) is 15.0 Å². The lowest BCUT2D eigenvalue weighted by atomic mass is 10.1. The van der Waals surface area contributed by atoms with Crippen LogP contribution in [0.5, 0.6) is 11.5 Å². The molecule has 3 N–H and O–H groups in total. The number of phenols is 2. The maximum Gasteiger partial charge on any atom is 0.259 e. The van der Waals surface area contributed by atoms with E-state index in [9.17, 15) is 15.0 Å². The number of aromatic hydroxyl groups is 2. The van der Waals surface area contributed by atoms with Crippen LogP contribution in [-0.2, 0) is 4.79 Å². The van der Waals surface area contributed by atoms with Crippen molar-refractivity contribution >= 4 is 39.1 Å². The summed E-state index contributed by atoms with van der Waals surface area (Å²) in [5.74, 6) is 0.821. The van der Waals surface area contributed by atoms with Crippen molar-refractivity contribution in [1.82, 2.24) is 20.2 Å². The fourth-order valence-electron chi connectivity index (χ4n) is 3.96. The summed E-state index contributed by atoms with van der Waals surface area (Å²) in [4.78, 5) is 26.0. The summed E-state index contributed by atoms with van der Waals surface area (Å²) in [6.45, 7) is 0. The predicted molar refractivity (Wildman–Crippen MR) is 123 cm³/mol. The average Bonchev–Trinajstić information content (AvgIpc) is 2.80. The van der Waals surface area contributed by atoms with Gasteiger partial charge in [-0.15, -0.1) is 0 Å². The highest BCUT2D eigenvalue weighted by atomic mass is 16.3. The van der Waals surface area contributed by atoms with Gasteiger partial charge in [-0.1, -0.05) is 6.07 Å². The number of pyridine rings is 2. The molecule has 4 aromatic rings. The van der Waals surface area contributed by atoms with Crippen molar-refractivity contribution < 1.29 is 15.0 Å². The molecule has 1 atom stereocenters. The van der Waals surface area contributed by atoms with E-state index >= 15 is 0 Å². The summed E-state index contributed by atoms with van der Waals surface area (Å²) in [5.41, 5.74) is 2.38. The molecule has 8 nitrogen and oxygen atoms in total. The predicted octanol–water partition coefficient (Wildman–Crippen LogP) is 3.02. The SMILES string of the molecule is CNC1N(C)C(=O)C(c2ccc3cc(O)ccc3n2)=CN1c1ccc2cc(O)ccc2n1. The topological polar surface area (TPSA) is 102 Å². The molecule has 1 amide bonds. The Kier molecular flexibility index (Phi) is 4.64. The third-order valence-electron chi connectivity index (χ3n) is 5.58. The molecule has 8 heteroatoms. The lowest BCUT2D eigenvalue weighted by Gasteiger charge is -2.40. The highest BCUT2D eigenvalue weighted by Crippen LogP contribution is 2.30. The van der Waals surface area contributed by atoms with E-state index in [1.54, 1.807) is 67.7 Å². The summed E-state index contributed by atoms with van der Waals surface area (Å²) in [7, 11) is 3.50. The molecule has 1 unspecified atom stereocenters. The lowest BCUT2D eigenvalue weighted by Crippen LogP contribution is -2.57. The number of benzene rings is 2. The number of hydrogen-bond acceptors (Lipinski definition) is 7. The molecule has 0 radical (unpaired) electrons. The van der Waals surface area contributed by atoms with Gasteiger partial charge in [0.05, 0.1) is 22.3 Å². The third kappa shape index (κ3) is 3.27. The smallest absolute Gasteiger partial charge is 0.259 e. The molecule has 3 heterocycles. The van der Waals surface area contributed by atoms with Gasteiger partial charge in [0.2, 0.25) is 0 Å². The van der Waals surface area contributed by atoms with Gasteiger partial charge in [-0.2, -0.15) is 0 Å². The van der Waals surface area contributed by atoms with Gasteiger partial charge in [0, 0.05) is 24.0 Å². The van der Waals surface area contributed by atoms with Crippen LogP contribution < -0.4 is 10.2 Å². The highest BCUT2D eigenvalue weighted by Gasteiger charge is 2.34. The lowest BCUT2D eigenvalue weighted by molar-refractivity contribution is -0.126. The standard InChI is InChI=1S/C24H21N5O3/c1-25-24-28(2)23(32)18(21-7-3-14-11-16(30)5-8-19(14)26-21)13-29(24)22-10-4-15-12-17(31)6-9-20(15)27-22/h3-13,24-25,30-31H,1-2H3. The number of aromatic nitrogens is 2. The molecule has 2 aromatic carbocycles. The molecule has 1 aliphatic heterocycles. The molecule has 0 saturated heterocycles. The van der Waals surface area contributed by atoms with Crippen LogP contribution in [0.2, 0.25) is 0 Å².